The molecule has 1 aromatic heterocycles. The summed E-state index contributed by atoms with van der Waals surface area (Å²) in [6.07, 6.45) is 4.50. The van der Waals surface area contributed by atoms with Gasteiger partial charge in [-0.3, -0.25) is 4.90 Å². The van der Waals surface area contributed by atoms with Crippen molar-refractivity contribution in [2.45, 2.75) is 45.7 Å². The number of hydrogen-bond acceptors (Lipinski definition) is 1. The lowest BCUT2D eigenvalue weighted by Gasteiger charge is -2.41. The van der Waals surface area contributed by atoms with E-state index in [1.54, 1.807) is 0 Å². The normalized spacial score (nSPS) is 27.0. The van der Waals surface area contributed by atoms with Crippen molar-refractivity contribution in [3.05, 3.63) is 23.5 Å². The van der Waals surface area contributed by atoms with Crippen molar-refractivity contribution < 1.29 is 0 Å². The van der Waals surface area contributed by atoms with E-state index in [2.05, 4.69) is 50.0 Å². The molecule has 1 N–H and O–H groups in total. The summed E-state index contributed by atoms with van der Waals surface area (Å²) in [5.41, 5.74) is 2.97. The third-order valence-corrected chi connectivity index (χ3v) is 3.74. The van der Waals surface area contributed by atoms with E-state index in [4.69, 9.17) is 0 Å². The Morgan fingerprint density at radius 3 is 2.87 bits per heavy atom. The standard InChI is InChI=1S/C13H22N2/c1-5-10-8-12-11(6-7-14-12)13(9(2)3)15(10)4/h6-7,9-10,13-14H,5,8H2,1-4H3. The molecular weight excluding hydrogens is 184 g/mol. The molecule has 2 atom stereocenters. The number of likely N-dealkylation sites (N-methyl/N-ethyl adjacent to an activating group) is 1. The number of nitrogens with zero attached hydrogens (tertiary/aromatic N) is 1. The largest absolute Gasteiger partial charge is 0.365 e. The SMILES string of the molecule is CCC1Cc2[nH]ccc2C(C(C)C)N1C. The summed E-state index contributed by atoms with van der Waals surface area (Å²) in [4.78, 5) is 5.96. The fraction of sp³-hybridized carbons (Fsp3) is 0.692. The lowest BCUT2D eigenvalue weighted by Crippen LogP contribution is -2.42. The minimum atomic E-state index is 0.588. The van der Waals surface area contributed by atoms with Crippen molar-refractivity contribution in [1.29, 1.82) is 0 Å². The van der Waals surface area contributed by atoms with Gasteiger partial charge in [0.2, 0.25) is 0 Å². The Labute approximate surface area is 92.7 Å². The highest BCUT2D eigenvalue weighted by Gasteiger charge is 2.33. The Morgan fingerprint density at radius 1 is 1.53 bits per heavy atom. The molecule has 0 spiro atoms. The Hall–Kier alpha value is -0.760. The predicted molar refractivity (Wildman–Crippen MR) is 63.9 cm³/mol. The Bertz CT molecular complexity index is 327. The molecule has 1 aliphatic heterocycles. The molecule has 0 amide bonds. The van der Waals surface area contributed by atoms with Gasteiger partial charge in [-0.15, -0.1) is 0 Å². The summed E-state index contributed by atoms with van der Waals surface area (Å²) < 4.78 is 0. The highest BCUT2D eigenvalue weighted by atomic mass is 15.2. The smallest absolute Gasteiger partial charge is 0.0388 e. The number of nitrogens with one attached hydrogen (secondary N) is 1. The first kappa shape index (κ1) is 10.7. The lowest BCUT2D eigenvalue weighted by molar-refractivity contribution is 0.115. The molecule has 0 saturated heterocycles. The van der Waals surface area contributed by atoms with Gasteiger partial charge in [0.1, 0.15) is 0 Å². The zero-order valence-electron chi connectivity index (χ0n) is 10.2. The minimum Gasteiger partial charge on any atom is -0.365 e. The summed E-state index contributed by atoms with van der Waals surface area (Å²) in [6, 6.07) is 3.54. The van der Waals surface area contributed by atoms with Crippen molar-refractivity contribution in [1.82, 2.24) is 9.88 Å². The third-order valence-electron chi connectivity index (χ3n) is 3.74. The van der Waals surface area contributed by atoms with Crippen LogP contribution in [0.3, 0.4) is 0 Å². The zero-order valence-corrected chi connectivity index (χ0v) is 10.2. The van der Waals surface area contributed by atoms with Crippen LogP contribution in [0.5, 0.6) is 0 Å². The second kappa shape index (κ2) is 4.01. The number of aromatic amines is 1. The first-order valence-electron chi connectivity index (χ1n) is 6.03. The van der Waals surface area contributed by atoms with E-state index in [0.29, 0.717) is 18.0 Å². The second-order valence-electron chi connectivity index (χ2n) is 5.03. The average Bonchev–Trinajstić information content (AvgIpc) is 2.63. The molecule has 0 fully saturated rings. The number of aromatic nitrogens is 1. The Kier molecular flexibility index (Phi) is 2.87. The lowest BCUT2D eigenvalue weighted by atomic mass is 9.87. The molecule has 2 unspecified atom stereocenters. The van der Waals surface area contributed by atoms with Crippen LogP contribution in [0.25, 0.3) is 0 Å². The molecule has 0 aromatic carbocycles. The number of fused-ring (bicyclic) bond motifs is 1. The topological polar surface area (TPSA) is 19.0 Å². The fourth-order valence-corrected chi connectivity index (χ4v) is 2.96. The van der Waals surface area contributed by atoms with E-state index in [0.717, 1.165) is 0 Å². The van der Waals surface area contributed by atoms with Crippen molar-refractivity contribution in [3.63, 3.8) is 0 Å². The molecule has 1 aliphatic rings. The van der Waals surface area contributed by atoms with Gasteiger partial charge in [-0.25, -0.2) is 0 Å². The van der Waals surface area contributed by atoms with E-state index >= 15 is 0 Å². The number of hydrogen-bond donors (Lipinski definition) is 1. The summed E-state index contributed by atoms with van der Waals surface area (Å²) >= 11 is 0. The summed E-state index contributed by atoms with van der Waals surface area (Å²) in [6.45, 7) is 6.92. The average molecular weight is 206 g/mol. The molecule has 0 radical (unpaired) electrons. The van der Waals surface area contributed by atoms with Crippen molar-refractivity contribution in [3.8, 4) is 0 Å². The minimum absolute atomic E-state index is 0.588. The summed E-state index contributed by atoms with van der Waals surface area (Å²) in [7, 11) is 2.27. The van der Waals surface area contributed by atoms with Crippen LogP contribution in [0.2, 0.25) is 0 Å². The molecule has 2 nitrogen and oxygen atoms in total. The molecule has 2 heterocycles. The zero-order chi connectivity index (χ0) is 11.0. The van der Waals surface area contributed by atoms with Crippen LogP contribution in [-0.2, 0) is 6.42 Å². The maximum absolute atomic E-state index is 3.40. The molecule has 84 valence electrons. The predicted octanol–water partition coefficient (Wildman–Crippen LogP) is 2.98. The quantitative estimate of drug-likeness (QED) is 0.788. The van der Waals surface area contributed by atoms with Crippen LogP contribution in [0.1, 0.15) is 44.5 Å². The summed E-state index contributed by atoms with van der Waals surface area (Å²) in [5.74, 6) is 0.680. The number of rotatable bonds is 2. The maximum Gasteiger partial charge on any atom is 0.0388 e. The second-order valence-corrected chi connectivity index (χ2v) is 5.03. The van der Waals surface area contributed by atoms with Gasteiger partial charge >= 0.3 is 0 Å². The van der Waals surface area contributed by atoms with E-state index < -0.39 is 0 Å². The first-order valence-corrected chi connectivity index (χ1v) is 6.03. The third kappa shape index (κ3) is 1.71. The van der Waals surface area contributed by atoms with Crippen LogP contribution in [0.4, 0.5) is 0 Å². The Morgan fingerprint density at radius 2 is 2.27 bits per heavy atom. The van der Waals surface area contributed by atoms with Gasteiger partial charge < -0.3 is 4.98 Å². The van der Waals surface area contributed by atoms with Crippen molar-refractivity contribution in [2.24, 2.45) is 5.92 Å². The van der Waals surface area contributed by atoms with E-state index in [1.165, 1.54) is 24.1 Å². The molecular formula is C13H22N2. The van der Waals surface area contributed by atoms with Gasteiger partial charge in [-0.1, -0.05) is 20.8 Å². The first-order chi connectivity index (χ1) is 7.15. The Balaban J connectivity index is 2.37. The maximum atomic E-state index is 3.40. The molecule has 0 bridgehead atoms. The van der Waals surface area contributed by atoms with Gasteiger partial charge in [0.15, 0.2) is 0 Å². The van der Waals surface area contributed by atoms with Crippen LogP contribution in [-0.4, -0.2) is 23.0 Å². The van der Waals surface area contributed by atoms with Gasteiger partial charge in [0, 0.05) is 30.4 Å². The van der Waals surface area contributed by atoms with Crippen molar-refractivity contribution in [2.75, 3.05) is 7.05 Å². The van der Waals surface area contributed by atoms with Crippen LogP contribution < -0.4 is 0 Å². The molecule has 0 aliphatic carbocycles. The highest BCUT2D eigenvalue weighted by Crippen LogP contribution is 2.36. The van der Waals surface area contributed by atoms with Gasteiger partial charge in [0.25, 0.3) is 0 Å². The van der Waals surface area contributed by atoms with Crippen molar-refractivity contribution >= 4 is 0 Å². The van der Waals surface area contributed by atoms with Gasteiger partial charge in [-0.2, -0.15) is 0 Å². The van der Waals surface area contributed by atoms with Crippen LogP contribution in [0, 0.1) is 5.92 Å². The van der Waals surface area contributed by atoms with Crippen LogP contribution in [0.15, 0.2) is 12.3 Å². The summed E-state index contributed by atoms with van der Waals surface area (Å²) in [5, 5.41) is 0. The molecule has 15 heavy (non-hydrogen) atoms. The van der Waals surface area contributed by atoms with E-state index in [9.17, 15) is 0 Å². The highest BCUT2D eigenvalue weighted by molar-refractivity contribution is 5.28. The monoisotopic (exact) mass is 206 g/mol. The van der Waals surface area contributed by atoms with Gasteiger partial charge in [0.05, 0.1) is 0 Å². The fourth-order valence-electron chi connectivity index (χ4n) is 2.96. The molecule has 2 heteroatoms. The van der Waals surface area contributed by atoms with E-state index in [1.807, 2.05) is 0 Å². The van der Waals surface area contributed by atoms with Gasteiger partial charge in [-0.05, 0) is 31.0 Å². The van der Waals surface area contributed by atoms with Crippen LogP contribution >= 0.6 is 0 Å². The number of H-pyrrole nitrogens is 1. The molecule has 0 saturated carbocycles. The molecule has 2 rings (SSSR count). The van der Waals surface area contributed by atoms with E-state index in [-0.39, 0.29) is 0 Å². The molecule has 1 aromatic rings.